The van der Waals surface area contributed by atoms with Crippen LogP contribution in [0, 0.1) is 0 Å². The third-order valence-corrected chi connectivity index (χ3v) is 3.72. The van der Waals surface area contributed by atoms with Crippen molar-refractivity contribution in [3.05, 3.63) is 46.4 Å². The van der Waals surface area contributed by atoms with E-state index in [1.165, 1.54) is 24.3 Å². The number of carbonyl (C=O) groups is 2. The second kappa shape index (κ2) is 10.5. The highest BCUT2D eigenvalue weighted by atomic mass is 35.5. The third-order valence-electron chi connectivity index (χ3n) is 3.13. The fourth-order valence-electron chi connectivity index (χ4n) is 1.97. The molecule has 10 heteroatoms. The maximum absolute atomic E-state index is 10.5. The Balaban J connectivity index is 1.80. The van der Waals surface area contributed by atoms with E-state index in [9.17, 15) is 9.59 Å². The Morgan fingerprint density at radius 2 is 1.11 bits per heavy atom. The van der Waals surface area contributed by atoms with Gasteiger partial charge in [-0.3, -0.25) is 0 Å². The molecule has 2 aromatic carbocycles. The maximum Gasteiger partial charge on any atom is 0.341 e. The minimum absolute atomic E-state index is 0.169. The average Bonchev–Trinajstić information content (AvgIpc) is 2.64. The quantitative estimate of drug-likeness (QED) is 0.521. The summed E-state index contributed by atoms with van der Waals surface area (Å²) in [6.07, 6.45) is 0. The lowest BCUT2D eigenvalue weighted by Gasteiger charge is -2.12. The van der Waals surface area contributed by atoms with Gasteiger partial charge in [0, 0.05) is 12.1 Å². The minimum atomic E-state index is -1.09. The van der Waals surface area contributed by atoms with Gasteiger partial charge in [-0.15, -0.1) is 0 Å². The zero-order valence-electron chi connectivity index (χ0n) is 14.4. The van der Waals surface area contributed by atoms with Crippen LogP contribution in [0.25, 0.3) is 0 Å². The predicted octanol–water partition coefficient (Wildman–Crippen LogP) is 3.38. The number of hydrogen-bond acceptors (Lipinski definition) is 6. The Kier molecular flexibility index (Phi) is 8.03. The topological polar surface area (TPSA) is 112 Å². The smallest absolute Gasteiger partial charge is 0.341 e. The highest BCUT2D eigenvalue weighted by Crippen LogP contribution is 2.30. The van der Waals surface area contributed by atoms with E-state index >= 15 is 0 Å². The first-order valence-electron chi connectivity index (χ1n) is 7.89. The first-order valence-corrected chi connectivity index (χ1v) is 8.64. The molecule has 150 valence electrons. The molecule has 0 aliphatic heterocycles. The monoisotopic (exact) mass is 430 g/mol. The molecule has 0 aromatic heterocycles. The van der Waals surface area contributed by atoms with Crippen molar-refractivity contribution in [1.29, 1.82) is 0 Å². The van der Waals surface area contributed by atoms with Gasteiger partial charge in [0.25, 0.3) is 0 Å². The standard InChI is InChI=1S/C18H16Cl2O8/c19-13-7-11(27-9-17(21)22)1-3-15(13)25-5-6-26-16-4-2-12(8-14(16)20)28-10-18(23)24/h1-4,7-8H,5-6,9-10H2,(H,21,22)(H,23,24). The summed E-state index contributed by atoms with van der Waals surface area (Å²) in [6.45, 7) is -0.595. The molecule has 0 radical (unpaired) electrons. The Morgan fingerprint density at radius 3 is 1.43 bits per heavy atom. The molecule has 0 fully saturated rings. The zero-order valence-corrected chi connectivity index (χ0v) is 15.9. The summed E-state index contributed by atoms with van der Waals surface area (Å²) in [4.78, 5) is 21.0. The van der Waals surface area contributed by atoms with E-state index in [-0.39, 0.29) is 23.3 Å². The molecule has 0 bridgehead atoms. The van der Waals surface area contributed by atoms with Gasteiger partial charge in [0.2, 0.25) is 0 Å². The number of rotatable bonds is 11. The van der Waals surface area contributed by atoms with Crippen LogP contribution in [0.1, 0.15) is 0 Å². The summed E-state index contributed by atoms with van der Waals surface area (Å²) < 4.78 is 21.0. The molecule has 0 aliphatic carbocycles. The summed E-state index contributed by atoms with van der Waals surface area (Å²) >= 11 is 12.1. The number of halogens is 2. The second-order valence-corrected chi connectivity index (χ2v) is 6.06. The van der Waals surface area contributed by atoms with E-state index in [0.717, 1.165) is 0 Å². The van der Waals surface area contributed by atoms with E-state index in [1.807, 2.05) is 0 Å². The number of carboxylic acids is 2. The van der Waals surface area contributed by atoms with Crippen LogP contribution < -0.4 is 18.9 Å². The minimum Gasteiger partial charge on any atom is -0.488 e. The molecule has 2 aromatic rings. The average molecular weight is 431 g/mol. The lowest BCUT2D eigenvalue weighted by Crippen LogP contribution is -2.11. The highest BCUT2D eigenvalue weighted by Gasteiger charge is 2.08. The molecule has 2 N–H and O–H groups in total. The maximum atomic E-state index is 10.5. The highest BCUT2D eigenvalue weighted by molar-refractivity contribution is 6.32. The van der Waals surface area contributed by atoms with Crippen LogP contribution in [0.2, 0.25) is 10.0 Å². The van der Waals surface area contributed by atoms with Crippen molar-refractivity contribution in [1.82, 2.24) is 0 Å². The van der Waals surface area contributed by atoms with Crippen LogP contribution in [-0.2, 0) is 9.59 Å². The first kappa shape index (κ1) is 21.5. The van der Waals surface area contributed by atoms with Crippen molar-refractivity contribution in [2.24, 2.45) is 0 Å². The molecule has 28 heavy (non-hydrogen) atoms. The van der Waals surface area contributed by atoms with Gasteiger partial charge in [-0.25, -0.2) is 9.59 Å². The molecule has 0 unspecified atom stereocenters. The van der Waals surface area contributed by atoms with Gasteiger partial charge in [-0.2, -0.15) is 0 Å². The predicted molar refractivity (Wildman–Crippen MR) is 100 cm³/mol. The van der Waals surface area contributed by atoms with Gasteiger partial charge in [0.15, 0.2) is 13.2 Å². The number of carboxylic acid groups (broad SMARTS) is 2. The van der Waals surface area contributed by atoms with Gasteiger partial charge in [-0.1, -0.05) is 23.2 Å². The number of aliphatic carboxylic acids is 2. The fourth-order valence-corrected chi connectivity index (χ4v) is 2.42. The van der Waals surface area contributed by atoms with E-state index in [0.29, 0.717) is 23.0 Å². The fraction of sp³-hybridized carbons (Fsp3) is 0.222. The zero-order chi connectivity index (χ0) is 20.5. The summed E-state index contributed by atoms with van der Waals surface area (Å²) in [5.41, 5.74) is 0. The van der Waals surface area contributed by atoms with Gasteiger partial charge < -0.3 is 29.2 Å². The molecule has 0 heterocycles. The van der Waals surface area contributed by atoms with Crippen molar-refractivity contribution < 1.29 is 38.7 Å². The Morgan fingerprint density at radius 1 is 0.714 bits per heavy atom. The lowest BCUT2D eigenvalue weighted by atomic mass is 10.3. The van der Waals surface area contributed by atoms with Crippen LogP contribution in [0.3, 0.4) is 0 Å². The van der Waals surface area contributed by atoms with Crippen molar-refractivity contribution in [2.75, 3.05) is 26.4 Å². The van der Waals surface area contributed by atoms with Crippen molar-refractivity contribution >= 4 is 35.1 Å². The molecule has 0 saturated heterocycles. The Hall–Kier alpha value is -2.84. The molecule has 8 nitrogen and oxygen atoms in total. The van der Waals surface area contributed by atoms with Crippen LogP contribution in [0.15, 0.2) is 36.4 Å². The summed E-state index contributed by atoms with van der Waals surface area (Å²) in [6, 6.07) is 9.10. The molecular formula is C18H16Cl2O8. The normalized spacial score (nSPS) is 10.2. The van der Waals surface area contributed by atoms with Crippen LogP contribution >= 0.6 is 23.2 Å². The van der Waals surface area contributed by atoms with Gasteiger partial charge in [-0.05, 0) is 24.3 Å². The van der Waals surface area contributed by atoms with E-state index in [2.05, 4.69) is 0 Å². The second-order valence-electron chi connectivity index (χ2n) is 5.25. The van der Waals surface area contributed by atoms with E-state index < -0.39 is 25.2 Å². The Bertz CT molecular complexity index is 771. The van der Waals surface area contributed by atoms with Gasteiger partial charge in [0.05, 0.1) is 10.0 Å². The van der Waals surface area contributed by atoms with E-state index in [1.54, 1.807) is 12.1 Å². The van der Waals surface area contributed by atoms with Gasteiger partial charge in [0.1, 0.15) is 36.2 Å². The van der Waals surface area contributed by atoms with Gasteiger partial charge >= 0.3 is 11.9 Å². The van der Waals surface area contributed by atoms with Crippen molar-refractivity contribution in [3.63, 3.8) is 0 Å². The number of benzene rings is 2. The molecule has 0 saturated carbocycles. The van der Waals surface area contributed by atoms with Crippen LogP contribution in [0.4, 0.5) is 0 Å². The van der Waals surface area contributed by atoms with Crippen molar-refractivity contribution in [2.45, 2.75) is 0 Å². The molecule has 0 aliphatic rings. The molecule has 0 atom stereocenters. The molecule has 0 spiro atoms. The number of hydrogen-bond donors (Lipinski definition) is 2. The third kappa shape index (κ3) is 7.05. The lowest BCUT2D eigenvalue weighted by molar-refractivity contribution is -0.140. The molecule has 2 rings (SSSR count). The molecule has 0 amide bonds. The summed E-state index contributed by atoms with van der Waals surface area (Å²) in [7, 11) is 0. The Labute approximate surface area is 170 Å². The number of ether oxygens (including phenoxy) is 4. The molecular weight excluding hydrogens is 415 g/mol. The summed E-state index contributed by atoms with van der Waals surface area (Å²) in [5, 5.41) is 17.7. The SMILES string of the molecule is O=C(O)COc1ccc(OCCOc2ccc(OCC(=O)O)cc2Cl)c(Cl)c1. The summed E-state index contributed by atoms with van der Waals surface area (Å²) in [5.74, 6) is -0.781. The van der Waals surface area contributed by atoms with E-state index in [4.69, 9.17) is 52.4 Å². The largest absolute Gasteiger partial charge is 0.488 e. The van der Waals surface area contributed by atoms with Crippen molar-refractivity contribution in [3.8, 4) is 23.0 Å². The first-order chi connectivity index (χ1) is 13.3. The van der Waals surface area contributed by atoms with Crippen LogP contribution in [-0.4, -0.2) is 48.6 Å². The van der Waals surface area contributed by atoms with Crippen LogP contribution in [0.5, 0.6) is 23.0 Å².